The molecule has 0 aliphatic carbocycles. The van der Waals surface area contributed by atoms with Crippen molar-refractivity contribution >= 4 is 35.9 Å². The van der Waals surface area contributed by atoms with Crippen LogP contribution < -0.4 is 0 Å². The number of esters is 2. The number of carbonyl (C=O) groups is 4. The number of nitrogens with zero attached hydrogens (tertiary/aromatic N) is 1. The van der Waals surface area contributed by atoms with Gasteiger partial charge in [-0.2, -0.15) is 0 Å². The summed E-state index contributed by atoms with van der Waals surface area (Å²) < 4.78 is 10.1. The van der Waals surface area contributed by atoms with Crippen LogP contribution in [-0.4, -0.2) is 68.3 Å². The van der Waals surface area contributed by atoms with E-state index in [1.54, 1.807) is 0 Å². The molecule has 0 radical (unpaired) electrons. The lowest BCUT2D eigenvalue weighted by atomic mass is 10.2. The van der Waals surface area contributed by atoms with E-state index in [4.69, 9.17) is 9.47 Å². The van der Waals surface area contributed by atoms with Crippen molar-refractivity contribution in [3.05, 3.63) is 59.7 Å². The van der Waals surface area contributed by atoms with Crippen LogP contribution in [0.25, 0.3) is 12.2 Å². The number of imide groups is 1. The van der Waals surface area contributed by atoms with Gasteiger partial charge in [-0.05, 0) is 47.5 Å². The Bertz CT molecular complexity index is 1120. The highest BCUT2D eigenvalue weighted by molar-refractivity contribution is 6.09. The van der Waals surface area contributed by atoms with E-state index in [9.17, 15) is 39.6 Å². The fourth-order valence-corrected chi connectivity index (χ4v) is 2.92. The zero-order valence-corrected chi connectivity index (χ0v) is 17.6. The summed E-state index contributed by atoms with van der Waals surface area (Å²) in [6.45, 7) is 0. The van der Waals surface area contributed by atoms with Gasteiger partial charge in [0.1, 0.15) is 0 Å². The fraction of sp³-hybridized carbons (Fsp3) is 0.130. The maximum Gasteiger partial charge on any atom is 0.331 e. The number of aromatic hydroxyl groups is 4. The van der Waals surface area contributed by atoms with Gasteiger partial charge in [0.25, 0.3) is 11.8 Å². The second-order valence-electron chi connectivity index (χ2n) is 7.11. The largest absolute Gasteiger partial charge is 0.504 e. The van der Waals surface area contributed by atoms with Gasteiger partial charge in [-0.3, -0.25) is 14.5 Å². The van der Waals surface area contributed by atoms with Crippen LogP contribution in [0.3, 0.4) is 0 Å². The van der Waals surface area contributed by atoms with E-state index in [0.29, 0.717) is 16.0 Å². The summed E-state index contributed by atoms with van der Waals surface area (Å²) in [5.41, 5.74) is 0.679. The van der Waals surface area contributed by atoms with Gasteiger partial charge in [0.05, 0.1) is 0 Å². The van der Waals surface area contributed by atoms with Gasteiger partial charge >= 0.3 is 11.9 Å². The van der Waals surface area contributed by atoms with E-state index in [-0.39, 0.29) is 11.5 Å². The summed E-state index contributed by atoms with van der Waals surface area (Å²) in [7, 11) is 1.14. The second kappa shape index (κ2) is 9.77. The predicted octanol–water partition coefficient (Wildman–Crippen LogP) is 1.06. The molecular weight excluding hydrogens is 450 g/mol. The SMILES string of the molecule is CN1C(=O)[C@H](OC(=O)/C=C/c2ccc(O)c(O)c2)[C@@H](OC(=O)/C=C/c2ccc(O)c(O)c2)C1=O. The molecule has 1 saturated heterocycles. The molecule has 11 nitrogen and oxygen atoms in total. The van der Waals surface area contributed by atoms with Crippen molar-refractivity contribution in [2.24, 2.45) is 0 Å². The molecule has 1 aliphatic heterocycles. The third kappa shape index (κ3) is 5.33. The summed E-state index contributed by atoms with van der Waals surface area (Å²) in [6.07, 6.45) is 0.915. The quantitative estimate of drug-likeness (QED) is 0.207. The molecule has 2 aromatic rings. The number of likely N-dealkylation sites (N-methyl/N-ethyl adjacent to an activating group) is 1. The highest BCUT2D eigenvalue weighted by Gasteiger charge is 2.50. The Morgan fingerprint density at radius 2 is 1.12 bits per heavy atom. The zero-order chi connectivity index (χ0) is 25.0. The normalized spacial score (nSPS) is 18.1. The number of amides is 2. The Labute approximate surface area is 192 Å². The highest BCUT2D eigenvalue weighted by atomic mass is 16.6. The molecule has 1 aliphatic rings. The van der Waals surface area contributed by atoms with Crippen molar-refractivity contribution in [3.63, 3.8) is 0 Å². The Morgan fingerprint density at radius 3 is 1.47 bits per heavy atom. The number of hydrogen-bond acceptors (Lipinski definition) is 10. The molecule has 4 N–H and O–H groups in total. The van der Waals surface area contributed by atoms with Gasteiger partial charge in [0.15, 0.2) is 23.0 Å². The van der Waals surface area contributed by atoms with E-state index < -0.39 is 47.5 Å². The van der Waals surface area contributed by atoms with Gasteiger partial charge in [-0.25, -0.2) is 9.59 Å². The van der Waals surface area contributed by atoms with Crippen molar-refractivity contribution in [1.82, 2.24) is 4.90 Å². The zero-order valence-electron chi connectivity index (χ0n) is 17.6. The first-order valence-electron chi connectivity index (χ1n) is 9.69. The molecule has 0 saturated carbocycles. The first-order valence-corrected chi connectivity index (χ1v) is 9.69. The standard InChI is InChI=1S/C23H19NO10/c1-24-22(31)20(33-18(29)8-4-12-2-6-14(25)16(27)10-12)21(23(24)32)34-19(30)9-5-13-3-7-15(26)17(28)11-13/h2-11,20-21,25-28H,1H3/b8-4+,9-5+/t20-,21-/m1/s1. The third-order valence-electron chi connectivity index (χ3n) is 4.73. The molecule has 0 bridgehead atoms. The minimum absolute atomic E-state index is 0.339. The lowest BCUT2D eigenvalue weighted by molar-refractivity contribution is -0.164. The predicted molar refractivity (Wildman–Crippen MR) is 115 cm³/mol. The molecule has 34 heavy (non-hydrogen) atoms. The van der Waals surface area contributed by atoms with Crippen LogP contribution in [0.1, 0.15) is 11.1 Å². The molecule has 0 spiro atoms. The smallest absolute Gasteiger partial charge is 0.331 e. The molecule has 2 aromatic carbocycles. The minimum atomic E-state index is -1.71. The maximum atomic E-state index is 12.3. The van der Waals surface area contributed by atoms with E-state index in [1.165, 1.54) is 48.6 Å². The summed E-state index contributed by atoms with van der Waals surface area (Å²) >= 11 is 0. The van der Waals surface area contributed by atoms with Crippen LogP contribution >= 0.6 is 0 Å². The fourth-order valence-electron chi connectivity index (χ4n) is 2.92. The van der Waals surface area contributed by atoms with Gasteiger partial charge in [0, 0.05) is 19.2 Å². The Kier molecular flexibility index (Phi) is 6.86. The van der Waals surface area contributed by atoms with E-state index in [0.717, 1.165) is 19.2 Å². The number of phenolic OH excluding ortho intramolecular Hbond substituents is 4. The number of likely N-dealkylation sites (tertiary alicyclic amines) is 1. The second-order valence-corrected chi connectivity index (χ2v) is 7.11. The van der Waals surface area contributed by atoms with E-state index in [2.05, 4.69) is 0 Å². The van der Waals surface area contributed by atoms with Gasteiger partial charge in [-0.15, -0.1) is 0 Å². The molecule has 2 amide bonds. The average molecular weight is 469 g/mol. The summed E-state index contributed by atoms with van der Waals surface area (Å²) in [5, 5.41) is 37.6. The van der Waals surface area contributed by atoms with Crippen molar-refractivity contribution in [3.8, 4) is 23.0 Å². The summed E-state index contributed by atoms with van der Waals surface area (Å²) in [5.74, 6) is -5.33. The number of phenols is 4. The number of ether oxygens (including phenoxy) is 2. The van der Waals surface area contributed by atoms with Gasteiger partial charge in [0.2, 0.25) is 12.2 Å². The Morgan fingerprint density at radius 1 is 0.735 bits per heavy atom. The Hall–Kier alpha value is -4.80. The molecule has 0 aromatic heterocycles. The lowest BCUT2D eigenvalue weighted by Crippen LogP contribution is -2.37. The molecule has 176 valence electrons. The van der Waals surface area contributed by atoms with Crippen LogP contribution in [0.15, 0.2) is 48.6 Å². The molecule has 1 heterocycles. The molecular formula is C23H19NO10. The number of rotatable bonds is 6. The first-order chi connectivity index (χ1) is 16.1. The van der Waals surface area contributed by atoms with Crippen molar-refractivity contribution in [2.75, 3.05) is 7.05 Å². The minimum Gasteiger partial charge on any atom is -0.504 e. The van der Waals surface area contributed by atoms with Crippen LogP contribution in [-0.2, 0) is 28.7 Å². The van der Waals surface area contributed by atoms with Crippen molar-refractivity contribution < 1.29 is 49.1 Å². The van der Waals surface area contributed by atoms with Gasteiger partial charge in [-0.1, -0.05) is 12.1 Å². The first kappa shape index (κ1) is 23.9. The molecule has 0 unspecified atom stereocenters. The number of benzene rings is 2. The topological polar surface area (TPSA) is 171 Å². The highest BCUT2D eigenvalue weighted by Crippen LogP contribution is 2.26. The van der Waals surface area contributed by atoms with Crippen LogP contribution in [0, 0.1) is 0 Å². The summed E-state index contributed by atoms with van der Waals surface area (Å²) in [4.78, 5) is 49.7. The maximum absolute atomic E-state index is 12.3. The van der Waals surface area contributed by atoms with Crippen LogP contribution in [0.4, 0.5) is 0 Å². The van der Waals surface area contributed by atoms with Crippen LogP contribution in [0.2, 0.25) is 0 Å². The van der Waals surface area contributed by atoms with Crippen molar-refractivity contribution in [2.45, 2.75) is 12.2 Å². The molecule has 11 heteroatoms. The number of hydrogen-bond donors (Lipinski definition) is 4. The van der Waals surface area contributed by atoms with E-state index >= 15 is 0 Å². The monoisotopic (exact) mass is 469 g/mol. The Balaban J connectivity index is 1.68. The number of carbonyl (C=O) groups excluding carboxylic acids is 4. The third-order valence-corrected chi connectivity index (χ3v) is 4.73. The molecule has 2 atom stereocenters. The average Bonchev–Trinajstić information content (AvgIpc) is 2.99. The van der Waals surface area contributed by atoms with Crippen LogP contribution in [0.5, 0.6) is 23.0 Å². The van der Waals surface area contributed by atoms with Crippen molar-refractivity contribution in [1.29, 1.82) is 0 Å². The van der Waals surface area contributed by atoms with Gasteiger partial charge < -0.3 is 29.9 Å². The molecule has 1 fully saturated rings. The lowest BCUT2D eigenvalue weighted by Gasteiger charge is -2.15. The van der Waals surface area contributed by atoms with E-state index in [1.807, 2.05) is 0 Å². The molecule has 3 rings (SSSR count). The summed E-state index contributed by atoms with van der Waals surface area (Å²) in [6, 6.07) is 7.58.